The van der Waals surface area contributed by atoms with E-state index in [1.807, 2.05) is 67.6 Å². The van der Waals surface area contributed by atoms with Gasteiger partial charge in [-0.05, 0) is 18.1 Å². The fraction of sp³-hybridized carbons (Fsp3) is 0.222. The van der Waals surface area contributed by atoms with Crippen molar-refractivity contribution in [1.29, 1.82) is 0 Å². The zero-order valence-electron chi connectivity index (χ0n) is 12.8. The van der Waals surface area contributed by atoms with Crippen molar-refractivity contribution in [1.82, 2.24) is 10.2 Å². The van der Waals surface area contributed by atoms with Crippen LogP contribution in [0.25, 0.3) is 0 Å². The van der Waals surface area contributed by atoms with Crippen LogP contribution >= 0.6 is 0 Å². The summed E-state index contributed by atoms with van der Waals surface area (Å²) in [5, 5.41) is 2.66. The van der Waals surface area contributed by atoms with E-state index in [-0.39, 0.29) is 6.04 Å². The summed E-state index contributed by atoms with van der Waals surface area (Å²) in [6.07, 6.45) is 0. The lowest BCUT2D eigenvalue weighted by Crippen LogP contribution is -2.41. The van der Waals surface area contributed by atoms with E-state index < -0.39 is 11.8 Å². The molecular weight excluding hydrogens is 276 g/mol. The largest absolute Gasteiger partial charge is 0.344 e. The number of likely N-dealkylation sites (N-methyl/N-ethyl adjacent to an activating group) is 1. The van der Waals surface area contributed by atoms with Crippen LogP contribution < -0.4 is 5.32 Å². The summed E-state index contributed by atoms with van der Waals surface area (Å²) in [4.78, 5) is 25.6. The molecule has 114 valence electrons. The van der Waals surface area contributed by atoms with Crippen LogP contribution in [0.2, 0.25) is 0 Å². The van der Waals surface area contributed by atoms with Gasteiger partial charge in [0.25, 0.3) is 0 Å². The summed E-state index contributed by atoms with van der Waals surface area (Å²) < 4.78 is 0. The van der Waals surface area contributed by atoms with E-state index in [0.717, 1.165) is 11.1 Å². The maximum absolute atomic E-state index is 12.2. The number of carbonyl (C=O) groups excluding carboxylic acids is 2. The number of nitrogens with zero attached hydrogens (tertiary/aromatic N) is 1. The number of benzene rings is 2. The molecule has 0 bridgehead atoms. The monoisotopic (exact) mass is 296 g/mol. The van der Waals surface area contributed by atoms with Gasteiger partial charge in [0.2, 0.25) is 0 Å². The summed E-state index contributed by atoms with van der Waals surface area (Å²) >= 11 is 0. The first kappa shape index (κ1) is 15.8. The van der Waals surface area contributed by atoms with E-state index in [2.05, 4.69) is 5.32 Å². The smallest absolute Gasteiger partial charge is 0.312 e. The second-order valence-corrected chi connectivity index (χ2v) is 5.17. The Morgan fingerprint density at radius 3 is 2.14 bits per heavy atom. The van der Waals surface area contributed by atoms with Crippen LogP contribution in [0, 0.1) is 0 Å². The van der Waals surface area contributed by atoms with Gasteiger partial charge in [-0.3, -0.25) is 9.59 Å². The summed E-state index contributed by atoms with van der Waals surface area (Å²) in [5.41, 5.74) is 1.96. The van der Waals surface area contributed by atoms with Crippen LogP contribution in [0.3, 0.4) is 0 Å². The number of hydrogen-bond donors (Lipinski definition) is 1. The maximum atomic E-state index is 12.2. The lowest BCUT2D eigenvalue weighted by Gasteiger charge is -2.24. The average Bonchev–Trinajstić information content (AvgIpc) is 2.59. The molecule has 2 amide bonds. The van der Waals surface area contributed by atoms with Crippen molar-refractivity contribution in [3.63, 3.8) is 0 Å². The highest BCUT2D eigenvalue weighted by atomic mass is 16.2. The molecule has 0 aliphatic rings. The van der Waals surface area contributed by atoms with Crippen molar-refractivity contribution in [3.05, 3.63) is 71.8 Å². The predicted octanol–water partition coefficient (Wildman–Crippen LogP) is 2.52. The Morgan fingerprint density at radius 1 is 1.00 bits per heavy atom. The van der Waals surface area contributed by atoms with Crippen LogP contribution in [0.1, 0.15) is 24.1 Å². The Balaban J connectivity index is 1.93. The van der Waals surface area contributed by atoms with Crippen LogP contribution in [0.15, 0.2) is 60.7 Å². The highest BCUT2D eigenvalue weighted by Gasteiger charge is 2.23. The molecule has 2 aromatic carbocycles. The molecule has 0 unspecified atom stereocenters. The Bertz CT molecular complexity index is 626. The molecule has 22 heavy (non-hydrogen) atoms. The molecule has 0 heterocycles. The molecule has 4 nitrogen and oxygen atoms in total. The lowest BCUT2D eigenvalue weighted by molar-refractivity contribution is -0.146. The molecule has 0 aliphatic carbocycles. The number of rotatable bonds is 4. The van der Waals surface area contributed by atoms with E-state index in [4.69, 9.17) is 0 Å². The van der Waals surface area contributed by atoms with E-state index >= 15 is 0 Å². The van der Waals surface area contributed by atoms with Crippen molar-refractivity contribution in [2.45, 2.75) is 19.5 Å². The Labute approximate surface area is 130 Å². The molecule has 0 fully saturated rings. The van der Waals surface area contributed by atoms with Crippen LogP contribution in [-0.4, -0.2) is 23.8 Å². The summed E-state index contributed by atoms with van der Waals surface area (Å²) in [7, 11) is 1.64. The third kappa shape index (κ3) is 3.95. The summed E-state index contributed by atoms with van der Waals surface area (Å²) in [5.74, 6) is -1.12. The van der Waals surface area contributed by atoms with Gasteiger partial charge in [0.1, 0.15) is 0 Å². The first-order valence-corrected chi connectivity index (χ1v) is 7.23. The Kier molecular flexibility index (Phi) is 5.31. The third-order valence-electron chi connectivity index (χ3n) is 3.67. The van der Waals surface area contributed by atoms with E-state index in [9.17, 15) is 9.59 Å². The second-order valence-electron chi connectivity index (χ2n) is 5.17. The minimum atomic E-state index is -0.589. The number of amides is 2. The highest BCUT2D eigenvalue weighted by molar-refractivity contribution is 6.34. The van der Waals surface area contributed by atoms with Crippen LogP contribution in [0.4, 0.5) is 0 Å². The fourth-order valence-electron chi connectivity index (χ4n) is 2.15. The van der Waals surface area contributed by atoms with Gasteiger partial charge in [-0.1, -0.05) is 60.7 Å². The third-order valence-corrected chi connectivity index (χ3v) is 3.67. The minimum Gasteiger partial charge on any atom is -0.344 e. The van der Waals surface area contributed by atoms with E-state index in [1.165, 1.54) is 4.90 Å². The minimum absolute atomic E-state index is 0.156. The van der Waals surface area contributed by atoms with Gasteiger partial charge >= 0.3 is 11.8 Å². The van der Waals surface area contributed by atoms with Crippen molar-refractivity contribution in [2.24, 2.45) is 0 Å². The van der Waals surface area contributed by atoms with Crippen LogP contribution in [-0.2, 0) is 16.1 Å². The quantitative estimate of drug-likeness (QED) is 0.881. The summed E-state index contributed by atoms with van der Waals surface area (Å²) in [6, 6.07) is 19.0. The molecule has 2 aromatic rings. The normalized spacial score (nSPS) is 11.5. The fourth-order valence-corrected chi connectivity index (χ4v) is 2.15. The molecular formula is C18H20N2O2. The average molecular weight is 296 g/mol. The molecule has 0 aromatic heterocycles. The summed E-state index contributed by atoms with van der Waals surface area (Å²) in [6.45, 7) is 2.25. The molecule has 1 atom stereocenters. The molecule has 0 aliphatic heterocycles. The zero-order valence-corrected chi connectivity index (χ0v) is 12.8. The van der Waals surface area contributed by atoms with Crippen molar-refractivity contribution in [2.75, 3.05) is 7.05 Å². The standard InChI is InChI=1S/C18H20N2O2/c1-14(16-11-7-4-8-12-16)20(2)18(22)17(21)19-13-15-9-5-3-6-10-15/h3-12,14H,13H2,1-2H3,(H,19,21)/t14-/m0/s1. The van der Waals surface area contributed by atoms with Gasteiger partial charge in [-0.25, -0.2) is 0 Å². The van der Waals surface area contributed by atoms with E-state index in [1.54, 1.807) is 7.05 Å². The number of nitrogens with one attached hydrogen (secondary N) is 1. The van der Waals surface area contributed by atoms with Gasteiger partial charge in [0, 0.05) is 13.6 Å². The number of hydrogen-bond acceptors (Lipinski definition) is 2. The molecule has 1 N–H and O–H groups in total. The second kappa shape index (κ2) is 7.41. The van der Waals surface area contributed by atoms with Gasteiger partial charge in [-0.2, -0.15) is 0 Å². The molecule has 4 heteroatoms. The van der Waals surface area contributed by atoms with Crippen molar-refractivity contribution < 1.29 is 9.59 Å². The topological polar surface area (TPSA) is 49.4 Å². The number of carbonyl (C=O) groups is 2. The SMILES string of the molecule is C[C@@H](c1ccccc1)N(C)C(=O)C(=O)NCc1ccccc1. The van der Waals surface area contributed by atoms with Gasteiger partial charge < -0.3 is 10.2 Å². The Morgan fingerprint density at radius 2 is 1.55 bits per heavy atom. The van der Waals surface area contributed by atoms with Crippen LogP contribution in [0.5, 0.6) is 0 Å². The predicted molar refractivity (Wildman–Crippen MR) is 85.9 cm³/mol. The molecule has 0 radical (unpaired) electrons. The molecule has 0 spiro atoms. The maximum Gasteiger partial charge on any atom is 0.312 e. The highest BCUT2D eigenvalue weighted by Crippen LogP contribution is 2.18. The molecule has 2 rings (SSSR count). The first-order valence-electron chi connectivity index (χ1n) is 7.23. The zero-order chi connectivity index (χ0) is 15.9. The molecule has 0 saturated carbocycles. The Hall–Kier alpha value is -2.62. The van der Waals surface area contributed by atoms with Crippen molar-refractivity contribution >= 4 is 11.8 Å². The first-order chi connectivity index (χ1) is 10.6. The lowest BCUT2D eigenvalue weighted by atomic mass is 10.1. The van der Waals surface area contributed by atoms with E-state index in [0.29, 0.717) is 6.54 Å². The van der Waals surface area contributed by atoms with Gasteiger partial charge in [0.15, 0.2) is 0 Å². The van der Waals surface area contributed by atoms with Crippen molar-refractivity contribution in [3.8, 4) is 0 Å². The van der Waals surface area contributed by atoms with Gasteiger partial charge in [0.05, 0.1) is 6.04 Å². The molecule has 0 saturated heterocycles. The van der Waals surface area contributed by atoms with Gasteiger partial charge in [-0.15, -0.1) is 0 Å².